The fourth-order valence-corrected chi connectivity index (χ4v) is 4.53. The maximum atomic E-state index is 13.2. The van der Waals surface area contributed by atoms with Crippen LogP contribution in [-0.4, -0.2) is 70.1 Å². The van der Waals surface area contributed by atoms with Crippen molar-refractivity contribution in [3.8, 4) is 11.5 Å². The number of likely N-dealkylation sites (tertiary alicyclic amines) is 1. The third kappa shape index (κ3) is 4.13. The van der Waals surface area contributed by atoms with Crippen LogP contribution in [0.5, 0.6) is 11.5 Å². The predicted molar refractivity (Wildman–Crippen MR) is 115 cm³/mol. The molecule has 0 aromatic heterocycles. The van der Waals surface area contributed by atoms with Gasteiger partial charge >= 0.3 is 6.03 Å². The van der Waals surface area contributed by atoms with Crippen LogP contribution in [-0.2, 0) is 11.3 Å². The monoisotopic (exact) mass is 417 g/mol. The number of phenols is 1. The minimum absolute atomic E-state index is 0.0420. The van der Waals surface area contributed by atoms with Gasteiger partial charge in [0.25, 0.3) is 5.91 Å². The molecule has 2 aliphatic rings. The van der Waals surface area contributed by atoms with Crippen molar-refractivity contribution in [2.24, 2.45) is 5.92 Å². The second-order valence-electron chi connectivity index (χ2n) is 8.67. The SMILES string of the molecule is CCOc1cccc(CN2CCC3(CC2)C(=O)N(CC)C(=O)N3CCC(C)C)c1O. The Morgan fingerprint density at radius 1 is 1.17 bits per heavy atom. The molecule has 1 aromatic rings. The number of hydrogen-bond donors (Lipinski definition) is 1. The van der Waals surface area contributed by atoms with Crippen molar-refractivity contribution in [3.63, 3.8) is 0 Å². The van der Waals surface area contributed by atoms with Crippen LogP contribution >= 0.6 is 0 Å². The molecule has 166 valence electrons. The summed E-state index contributed by atoms with van der Waals surface area (Å²) in [5.74, 6) is 1.11. The molecule has 3 amide bonds. The average molecular weight is 418 g/mol. The van der Waals surface area contributed by atoms with Crippen LogP contribution < -0.4 is 4.74 Å². The number of carbonyl (C=O) groups excluding carboxylic acids is 2. The molecule has 2 fully saturated rings. The van der Waals surface area contributed by atoms with E-state index in [1.165, 1.54) is 4.90 Å². The average Bonchev–Trinajstić information content (AvgIpc) is 2.91. The number of hydrogen-bond acceptors (Lipinski definition) is 5. The molecule has 30 heavy (non-hydrogen) atoms. The van der Waals surface area contributed by atoms with E-state index in [-0.39, 0.29) is 17.7 Å². The Labute approximate surface area is 179 Å². The highest BCUT2D eigenvalue weighted by atomic mass is 16.5. The number of likely N-dealkylation sites (N-methyl/N-ethyl adjacent to an activating group) is 1. The summed E-state index contributed by atoms with van der Waals surface area (Å²) in [5, 5.41) is 10.5. The molecule has 3 rings (SSSR count). The molecule has 1 spiro atoms. The molecule has 7 nitrogen and oxygen atoms in total. The summed E-state index contributed by atoms with van der Waals surface area (Å²) in [5.41, 5.74) is 0.103. The summed E-state index contributed by atoms with van der Waals surface area (Å²) in [4.78, 5) is 31.6. The molecule has 2 aliphatic heterocycles. The third-order valence-corrected chi connectivity index (χ3v) is 6.33. The minimum atomic E-state index is -0.715. The number of nitrogens with zero attached hydrogens (tertiary/aromatic N) is 3. The van der Waals surface area contributed by atoms with Gasteiger partial charge in [-0.1, -0.05) is 26.0 Å². The van der Waals surface area contributed by atoms with Crippen molar-refractivity contribution in [2.45, 2.75) is 59.0 Å². The first-order valence-corrected chi connectivity index (χ1v) is 11.1. The number of imide groups is 1. The standard InChI is InChI=1S/C23H35N3O4/c1-5-25-21(28)23(26(22(25)29)13-10-17(3)4)11-14-24(15-12-23)16-18-8-7-9-19(20(18)27)30-6-2/h7-9,17,27H,5-6,10-16H2,1-4H3. The van der Waals surface area contributed by atoms with Crippen molar-refractivity contribution in [2.75, 3.05) is 32.8 Å². The number of carbonyl (C=O) groups is 2. The van der Waals surface area contributed by atoms with Gasteiger partial charge in [0.05, 0.1) is 6.61 Å². The summed E-state index contributed by atoms with van der Waals surface area (Å²) in [7, 11) is 0. The summed E-state index contributed by atoms with van der Waals surface area (Å²) < 4.78 is 5.49. The third-order valence-electron chi connectivity index (χ3n) is 6.33. The quantitative estimate of drug-likeness (QED) is 0.656. The van der Waals surface area contributed by atoms with Crippen LogP contribution in [0.3, 0.4) is 0 Å². The summed E-state index contributed by atoms with van der Waals surface area (Å²) in [6.07, 6.45) is 2.14. The van der Waals surface area contributed by atoms with E-state index in [9.17, 15) is 14.7 Å². The molecule has 2 saturated heterocycles. The van der Waals surface area contributed by atoms with Gasteiger partial charge < -0.3 is 14.7 Å². The van der Waals surface area contributed by atoms with E-state index in [4.69, 9.17) is 4.74 Å². The van der Waals surface area contributed by atoms with Gasteiger partial charge in [0.1, 0.15) is 5.54 Å². The Bertz CT molecular complexity index is 772. The number of aromatic hydroxyl groups is 1. The zero-order valence-corrected chi connectivity index (χ0v) is 18.7. The fourth-order valence-electron chi connectivity index (χ4n) is 4.53. The first-order valence-electron chi connectivity index (χ1n) is 11.1. The molecule has 1 aromatic carbocycles. The van der Waals surface area contributed by atoms with Crippen LogP contribution in [0, 0.1) is 5.92 Å². The zero-order chi connectivity index (χ0) is 21.9. The number of amides is 3. The van der Waals surface area contributed by atoms with Gasteiger partial charge in [0.2, 0.25) is 0 Å². The predicted octanol–water partition coefficient (Wildman–Crippen LogP) is 3.46. The number of para-hydroxylation sites is 1. The molecular weight excluding hydrogens is 382 g/mol. The maximum absolute atomic E-state index is 13.2. The largest absolute Gasteiger partial charge is 0.504 e. The van der Waals surface area contributed by atoms with Crippen LogP contribution in [0.25, 0.3) is 0 Å². The van der Waals surface area contributed by atoms with Gasteiger partial charge in [-0.25, -0.2) is 4.79 Å². The smallest absolute Gasteiger partial charge is 0.327 e. The molecule has 1 N–H and O–H groups in total. The van der Waals surface area contributed by atoms with E-state index in [2.05, 4.69) is 18.7 Å². The lowest BCUT2D eigenvalue weighted by Crippen LogP contribution is -2.56. The lowest BCUT2D eigenvalue weighted by molar-refractivity contribution is -0.135. The van der Waals surface area contributed by atoms with Crippen molar-refractivity contribution in [3.05, 3.63) is 23.8 Å². The molecule has 0 radical (unpaired) electrons. The minimum Gasteiger partial charge on any atom is -0.504 e. The number of benzene rings is 1. The normalized spacial score (nSPS) is 19.4. The molecule has 0 aliphatic carbocycles. The van der Waals surface area contributed by atoms with Crippen LogP contribution in [0.15, 0.2) is 18.2 Å². The van der Waals surface area contributed by atoms with Crippen molar-refractivity contribution < 1.29 is 19.4 Å². The maximum Gasteiger partial charge on any atom is 0.327 e. The lowest BCUT2D eigenvalue weighted by atomic mass is 9.85. The number of phenolic OH excluding ortho intramolecular Hbond substituents is 1. The van der Waals surface area contributed by atoms with Crippen molar-refractivity contribution in [1.29, 1.82) is 0 Å². The molecule has 0 bridgehead atoms. The molecule has 0 unspecified atom stereocenters. The summed E-state index contributed by atoms with van der Waals surface area (Å²) in [6, 6.07) is 5.42. The number of rotatable bonds is 8. The van der Waals surface area contributed by atoms with Gasteiger partial charge in [-0.15, -0.1) is 0 Å². The van der Waals surface area contributed by atoms with Gasteiger partial charge in [-0.3, -0.25) is 14.6 Å². The molecule has 2 heterocycles. The van der Waals surface area contributed by atoms with Crippen LogP contribution in [0.4, 0.5) is 4.79 Å². The second kappa shape index (κ2) is 9.25. The summed E-state index contributed by atoms with van der Waals surface area (Å²) in [6.45, 7) is 11.6. The number of ether oxygens (including phenoxy) is 1. The first-order chi connectivity index (χ1) is 14.3. The lowest BCUT2D eigenvalue weighted by Gasteiger charge is -2.42. The molecule has 7 heteroatoms. The van der Waals surface area contributed by atoms with E-state index in [0.717, 1.165) is 12.0 Å². The van der Waals surface area contributed by atoms with E-state index >= 15 is 0 Å². The van der Waals surface area contributed by atoms with Crippen molar-refractivity contribution >= 4 is 11.9 Å². The highest BCUT2D eigenvalue weighted by Crippen LogP contribution is 2.39. The number of piperidine rings is 1. The Morgan fingerprint density at radius 3 is 2.47 bits per heavy atom. The first kappa shape index (κ1) is 22.4. The molecular formula is C23H35N3O4. The molecule has 0 saturated carbocycles. The van der Waals surface area contributed by atoms with Crippen LogP contribution in [0.2, 0.25) is 0 Å². The zero-order valence-electron chi connectivity index (χ0n) is 18.7. The van der Waals surface area contributed by atoms with Gasteiger partial charge in [-0.05, 0) is 45.1 Å². The van der Waals surface area contributed by atoms with Gasteiger partial charge in [0.15, 0.2) is 11.5 Å². The van der Waals surface area contributed by atoms with Gasteiger partial charge in [0, 0.05) is 38.3 Å². The van der Waals surface area contributed by atoms with Gasteiger partial charge in [-0.2, -0.15) is 0 Å². The van der Waals surface area contributed by atoms with Crippen LogP contribution in [0.1, 0.15) is 52.5 Å². The van der Waals surface area contributed by atoms with E-state index in [1.54, 1.807) is 6.07 Å². The fraction of sp³-hybridized carbons (Fsp3) is 0.652. The van der Waals surface area contributed by atoms with E-state index in [1.807, 2.05) is 30.9 Å². The Morgan fingerprint density at radius 2 is 1.87 bits per heavy atom. The Balaban J connectivity index is 1.72. The highest BCUT2D eigenvalue weighted by Gasteiger charge is 2.57. The highest BCUT2D eigenvalue weighted by molar-refractivity contribution is 6.07. The number of urea groups is 1. The second-order valence-corrected chi connectivity index (χ2v) is 8.67. The topological polar surface area (TPSA) is 73.3 Å². The van der Waals surface area contributed by atoms with E-state index in [0.29, 0.717) is 63.8 Å². The summed E-state index contributed by atoms with van der Waals surface area (Å²) >= 11 is 0. The Kier molecular flexibility index (Phi) is 6.91. The Hall–Kier alpha value is -2.28. The van der Waals surface area contributed by atoms with E-state index < -0.39 is 5.54 Å². The molecule has 0 atom stereocenters. The van der Waals surface area contributed by atoms with Crippen molar-refractivity contribution in [1.82, 2.24) is 14.7 Å².